The van der Waals surface area contributed by atoms with Crippen molar-refractivity contribution in [2.45, 2.75) is 18.9 Å². The molecule has 0 spiro atoms. The van der Waals surface area contributed by atoms with Gasteiger partial charge in [-0.05, 0) is 31.0 Å². The Morgan fingerprint density at radius 1 is 1.39 bits per heavy atom. The third-order valence-electron chi connectivity index (χ3n) is 3.90. The summed E-state index contributed by atoms with van der Waals surface area (Å²) >= 11 is 6.13. The lowest BCUT2D eigenvalue weighted by Crippen LogP contribution is -2.37. The number of urea groups is 1. The molecule has 1 aliphatic heterocycles. The quantitative estimate of drug-likeness (QED) is 0.853. The molecule has 0 bridgehead atoms. The third kappa shape index (κ3) is 3.24. The van der Waals surface area contributed by atoms with E-state index >= 15 is 0 Å². The molecule has 0 aromatic heterocycles. The van der Waals surface area contributed by atoms with Gasteiger partial charge in [0.05, 0.1) is 10.6 Å². The number of nitrogens with zero attached hydrogens (tertiary/aromatic N) is 2. The number of benzene rings is 1. The highest BCUT2D eigenvalue weighted by atomic mass is 35.5. The summed E-state index contributed by atoms with van der Waals surface area (Å²) in [5.74, 6) is -1.47. The number of amides is 3. The minimum Gasteiger partial charge on any atom is -0.480 e. The van der Waals surface area contributed by atoms with E-state index in [9.17, 15) is 14.4 Å². The van der Waals surface area contributed by atoms with E-state index in [4.69, 9.17) is 16.7 Å². The molecule has 7 nitrogen and oxygen atoms in total. The minimum atomic E-state index is -1.06. The highest BCUT2D eigenvalue weighted by Gasteiger charge is 2.35. The van der Waals surface area contributed by atoms with Crippen molar-refractivity contribution in [3.8, 4) is 0 Å². The fourth-order valence-corrected chi connectivity index (χ4v) is 2.81. The van der Waals surface area contributed by atoms with E-state index in [0.717, 1.165) is 12.8 Å². The molecule has 1 saturated heterocycles. The number of halogens is 1. The second kappa shape index (κ2) is 6.08. The molecular formula is C15H16ClN3O4. The van der Waals surface area contributed by atoms with Crippen LogP contribution < -0.4 is 10.2 Å². The topological polar surface area (TPSA) is 89.9 Å². The van der Waals surface area contributed by atoms with Crippen LogP contribution in [-0.2, 0) is 4.79 Å². The Kier molecular flexibility index (Phi) is 4.12. The van der Waals surface area contributed by atoms with Crippen LogP contribution in [0.1, 0.15) is 23.2 Å². The average Bonchev–Trinajstić information content (AvgIpc) is 3.26. The molecule has 0 atom stereocenters. The fraction of sp³-hybridized carbons (Fsp3) is 0.400. The Morgan fingerprint density at radius 3 is 2.70 bits per heavy atom. The van der Waals surface area contributed by atoms with Crippen LogP contribution in [0.5, 0.6) is 0 Å². The van der Waals surface area contributed by atoms with Gasteiger partial charge in [-0.2, -0.15) is 0 Å². The lowest BCUT2D eigenvalue weighted by atomic mass is 10.1. The molecule has 0 unspecified atom stereocenters. The normalized spacial score (nSPS) is 17.1. The van der Waals surface area contributed by atoms with Gasteiger partial charge in [-0.25, -0.2) is 4.79 Å². The number of hydrogen-bond acceptors (Lipinski definition) is 3. The number of carboxylic acid groups (broad SMARTS) is 1. The van der Waals surface area contributed by atoms with Crippen molar-refractivity contribution in [1.29, 1.82) is 0 Å². The molecule has 1 heterocycles. The van der Waals surface area contributed by atoms with Gasteiger partial charge in [-0.15, -0.1) is 0 Å². The lowest BCUT2D eigenvalue weighted by molar-refractivity contribution is -0.137. The van der Waals surface area contributed by atoms with Crippen LogP contribution in [0.2, 0.25) is 5.02 Å². The molecule has 2 fully saturated rings. The largest absolute Gasteiger partial charge is 0.480 e. The number of carbonyl (C=O) groups is 3. The Labute approximate surface area is 137 Å². The third-order valence-corrected chi connectivity index (χ3v) is 4.23. The fourth-order valence-electron chi connectivity index (χ4n) is 2.62. The highest BCUT2D eigenvalue weighted by Crippen LogP contribution is 2.31. The van der Waals surface area contributed by atoms with Crippen molar-refractivity contribution in [1.82, 2.24) is 10.2 Å². The number of carboxylic acids is 1. The number of hydrogen-bond donors (Lipinski definition) is 2. The first kappa shape index (κ1) is 15.6. The predicted octanol–water partition coefficient (Wildman–Crippen LogP) is 1.56. The Balaban J connectivity index is 1.89. The molecule has 2 aliphatic rings. The highest BCUT2D eigenvalue weighted by molar-refractivity contribution is 6.34. The lowest BCUT2D eigenvalue weighted by Gasteiger charge is -2.22. The van der Waals surface area contributed by atoms with E-state index < -0.39 is 11.9 Å². The van der Waals surface area contributed by atoms with Crippen molar-refractivity contribution in [3.05, 3.63) is 28.8 Å². The van der Waals surface area contributed by atoms with Gasteiger partial charge in [0.15, 0.2) is 0 Å². The molecule has 3 amide bonds. The Hall–Kier alpha value is -2.28. The van der Waals surface area contributed by atoms with Crippen LogP contribution in [0.3, 0.4) is 0 Å². The summed E-state index contributed by atoms with van der Waals surface area (Å²) in [4.78, 5) is 38.3. The Bertz CT molecular complexity index is 675. The second-order valence-electron chi connectivity index (χ2n) is 5.61. The molecule has 1 aromatic rings. The zero-order chi connectivity index (χ0) is 16.6. The Morgan fingerprint density at radius 2 is 2.13 bits per heavy atom. The van der Waals surface area contributed by atoms with Gasteiger partial charge in [-0.3, -0.25) is 14.5 Å². The first-order chi connectivity index (χ1) is 11.0. The zero-order valence-electron chi connectivity index (χ0n) is 12.3. The number of anilines is 1. The van der Waals surface area contributed by atoms with Gasteiger partial charge in [0.25, 0.3) is 5.91 Å². The molecule has 3 rings (SSSR count). The van der Waals surface area contributed by atoms with Crippen LogP contribution in [-0.4, -0.2) is 53.6 Å². The molecule has 23 heavy (non-hydrogen) atoms. The van der Waals surface area contributed by atoms with E-state index in [1.165, 1.54) is 9.80 Å². The van der Waals surface area contributed by atoms with Crippen molar-refractivity contribution in [2.24, 2.45) is 0 Å². The molecule has 1 aromatic carbocycles. The van der Waals surface area contributed by atoms with Gasteiger partial charge < -0.3 is 15.3 Å². The van der Waals surface area contributed by atoms with Gasteiger partial charge in [0.1, 0.15) is 6.54 Å². The molecule has 122 valence electrons. The van der Waals surface area contributed by atoms with E-state index in [0.29, 0.717) is 18.8 Å². The van der Waals surface area contributed by atoms with Crippen LogP contribution >= 0.6 is 11.6 Å². The van der Waals surface area contributed by atoms with Gasteiger partial charge in [0.2, 0.25) is 0 Å². The molecule has 0 radical (unpaired) electrons. The number of rotatable bonds is 5. The SMILES string of the molecule is O=C(O)CN(C(=O)c1cc(N2CCNC2=O)ccc1Cl)C1CC1. The van der Waals surface area contributed by atoms with Crippen LogP contribution in [0.25, 0.3) is 0 Å². The summed E-state index contributed by atoms with van der Waals surface area (Å²) in [6.45, 7) is 0.696. The molecule has 8 heteroatoms. The maximum atomic E-state index is 12.7. The molecule has 1 saturated carbocycles. The van der Waals surface area contributed by atoms with Crippen LogP contribution in [0.15, 0.2) is 18.2 Å². The number of nitrogens with one attached hydrogen (secondary N) is 1. The van der Waals surface area contributed by atoms with Crippen molar-refractivity contribution in [2.75, 3.05) is 24.5 Å². The van der Waals surface area contributed by atoms with E-state index in [2.05, 4.69) is 5.32 Å². The predicted molar refractivity (Wildman–Crippen MR) is 83.9 cm³/mol. The van der Waals surface area contributed by atoms with Gasteiger partial charge >= 0.3 is 12.0 Å². The van der Waals surface area contributed by atoms with Gasteiger partial charge in [-0.1, -0.05) is 11.6 Å². The summed E-state index contributed by atoms with van der Waals surface area (Å²) in [6.07, 6.45) is 1.59. The summed E-state index contributed by atoms with van der Waals surface area (Å²) in [5, 5.41) is 11.9. The van der Waals surface area contributed by atoms with Crippen molar-refractivity contribution in [3.63, 3.8) is 0 Å². The van der Waals surface area contributed by atoms with Crippen LogP contribution in [0.4, 0.5) is 10.5 Å². The molecule has 1 aliphatic carbocycles. The molecular weight excluding hydrogens is 322 g/mol. The monoisotopic (exact) mass is 337 g/mol. The maximum absolute atomic E-state index is 12.7. The van der Waals surface area contributed by atoms with Crippen molar-refractivity contribution < 1.29 is 19.5 Å². The number of aliphatic carboxylic acids is 1. The standard InChI is InChI=1S/C15H16ClN3O4/c16-12-4-3-10(18-6-5-17-15(18)23)7-11(12)14(22)19(8-13(20)21)9-1-2-9/h3-4,7,9H,1-2,5-6,8H2,(H,17,23)(H,20,21). The summed E-state index contributed by atoms with van der Waals surface area (Å²) in [5.41, 5.74) is 0.788. The first-order valence-corrected chi connectivity index (χ1v) is 7.73. The first-order valence-electron chi connectivity index (χ1n) is 7.35. The number of carbonyl (C=O) groups excluding carboxylic acids is 2. The summed E-state index contributed by atoms with van der Waals surface area (Å²) < 4.78 is 0. The van der Waals surface area contributed by atoms with Crippen LogP contribution in [0, 0.1) is 0 Å². The molecule has 2 N–H and O–H groups in total. The summed E-state index contributed by atoms with van der Waals surface area (Å²) in [7, 11) is 0. The van der Waals surface area contributed by atoms with Crippen molar-refractivity contribution >= 4 is 35.2 Å². The van der Waals surface area contributed by atoms with E-state index in [1.54, 1.807) is 18.2 Å². The van der Waals surface area contributed by atoms with E-state index in [-0.39, 0.29) is 29.2 Å². The van der Waals surface area contributed by atoms with E-state index in [1.807, 2.05) is 0 Å². The maximum Gasteiger partial charge on any atom is 0.323 e. The zero-order valence-corrected chi connectivity index (χ0v) is 13.0. The smallest absolute Gasteiger partial charge is 0.323 e. The average molecular weight is 338 g/mol. The van der Waals surface area contributed by atoms with Gasteiger partial charge in [0, 0.05) is 24.8 Å². The minimum absolute atomic E-state index is 0.0478. The second-order valence-corrected chi connectivity index (χ2v) is 6.01. The summed E-state index contributed by atoms with van der Waals surface area (Å²) in [6, 6.07) is 4.50.